The van der Waals surface area contributed by atoms with E-state index < -0.39 is 5.97 Å². The number of benzene rings is 3. The van der Waals surface area contributed by atoms with Gasteiger partial charge in [0.25, 0.3) is 0 Å². The van der Waals surface area contributed by atoms with Crippen LogP contribution in [0.25, 0.3) is 22.2 Å². The predicted octanol–water partition coefficient (Wildman–Crippen LogP) is 6.70. The van der Waals surface area contributed by atoms with Crippen LogP contribution in [-0.4, -0.2) is 11.0 Å². The summed E-state index contributed by atoms with van der Waals surface area (Å²) >= 11 is 6.20. The molecule has 0 aliphatic carbocycles. The molecule has 0 bridgehead atoms. The van der Waals surface area contributed by atoms with E-state index in [0.717, 1.165) is 38.9 Å². The molecule has 0 aliphatic rings. The van der Waals surface area contributed by atoms with Gasteiger partial charge in [0.2, 0.25) is 0 Å². The fourth-order valence-corrected chi connectivity index (χ4v) is 3.81. The molecule has 0 fully saturated rings. The number of pyridine rings is 1. The van der Waals surface area contributed by atoms with E-state index >= 15 is 0 Å². The second-order valence-corrected chi connectivity index (χ2v) is 7.53. The van der Waals surface area contributed by atoms with Gasteiger partial charge in [-0.15, -0.1) is 0 Å². The maximum Gasteiger partial charge on any atom is 0.344 e. The van der Waals surface area contributed by atoms with Gasteiger partial charge in [-0.3, -0.25) is 0 Å². The summed E-state index contributed by atoms with van der Waals surface area (Å²) in [6.07, 6.45) is 0. The Morgan fingerprint density at radius 3 is 2.34 bits per heavy atom. The number of carbonyl (C=O) groups is 1. The summed E-state index contributed by atoms with van der Waals surface area (Å²) in [4.78, 5) is 18.2. The van der Waals surface area contributed by atoms with Crippen LogP contribution in [-0.2, 0) is 0 Å². The topological polar surface area (TPSA) is 39.2 Å². The highest BCUT2D eigenvalue weighted by atomic mass is 35.5. The Bertz CT molecular complexity index is 1230. The second kappa shape index (κ2) is 7.69. The van der Waals surface area contributed by atoms with Crippen molar-refractivity contribution in [2.24, 2.45) is 0 Å². The zero-order valence-electron chi connectivity index (χ0n) is 16.5. The van der Waals surface area contributed by atoms with Crippen LogP contribution in [0.1, 0.15) is 27.0 Å². The minimum atomic E-state index is -0.440. The fourth-order valence-electron chi connectivity index (χ4n) is 3.63. The Balaban J connectivity index is 1.97. The van der Waals surface area contributed by atoms with Crippen molar-refractivity contribution in [3.63, 3.8) is 0 Å². The quantitative estimate of drug-likeness (QED) is 0.283. The lowest BCUT2D eigenvalue weighted by atomic mass is 9.95. The van der Waals surface area contributed by atoms with Crippen LogP contribution in [0.4, 0.5) is 0 Å². The number of aromatic nitrogens is 1. The first-order valence-electron chi connectivity index (χ1n) is 9.39. The molecule has 1 heterocycles. The van der Waals surface area contributed by atoms with Crippen molar-refractivity contribution in [1.29, 1.82) is 0 Å². The molecule has 29 heavy (non-hydrogen) atoms. The molecule has 0 saturated carbocycles. The average molecular weight is 402 g/mol. The Morgan fingerprint density at radius 1 is 0.931 bits per heavy atom. The lowest BCUT2D eigenvalue weighted by Gasteiger charge is -2.16. The first-order valence-corrected chi connectivity index (χ1v) is 9.77. The van der Waals surface area contributed by atoms with Gasteiger partial charge in [0.05, 0.1) is 21.8 Å². The minimum absolute atomic E-state index is 0.342. The monoisotopic (exact) mass is 401 g/mol. The number of aryl methyl sites for hydroxylation is 2. The normalized spacial score (nSPS) is 10.9. The number of hydrogen-bond donors (Lipinski definition) is 0. The molecule has 0 unspecified atom stereocenters. The van der Waals surface area contributed by atoms with Crippen molar-refractivity contribution < 1.29 is 9.53 Å². The number of nitrogens with zero attached hydrogens (tertiary/aromatic N) is 1. The SMILES string of the molecule is Cc1cc(C)c2nc(-c3ccccc3)c(C)c(C(=O)Oc3ccccc3Cl)c2c1. The van der Waals surface area contributed by atoms with Gasteiger partial charge in [-0.05, 0) is 50.1 Å². The number of fused-ring (bicyclic) bond motifs is 1. The third-order valence-electron chi connectivity index (χ3n) is 4.96. The molecule has 0 aliphatic heterocycles. The molecule has 4 rings (SSSR count). The highest BCUT2D eigenvalue weighted by molar-refractivity contribution is 6.32. The Labute approximate surface area is 174 Å². The van der Waals surface area contributed by atoms with Gasteiger partial charge >= 0.3 is 5.97 Å². The molecule has 0 radical (unpaired) electrons. The van der Waals surface area contributed by atoms with E-state index in [1.54, 1.807) is 24.3 Å². The number of rotatable bonds is 3. The molecule has 144 valence electrons. The van der Waals surface area contributed by atoms with Crippen molar-refractivity contribution in [2.75, 3.05) is 0 Å². The van der Waals surface area contributed by atoms with Crippen molar-refractivity contribution in [3.05, 3.63) is 94.0 Å². The molecule has 3 nitrogen and oxygen atoms in total. The number of esters is 1. The maximum absolute atomic E-state index is 13.3. The van der Waals surface area contributed by atoms with Crippen molar-refractivity contribution in [2.45, 2.75) is 20.8 Å². The summed E-state index contributed by atoms with van der Waals surface area (Å²) < 4.78 is 5.69. The molecule has 4 heteroatoms. The van der Waals surface area contributed by atoms with Gasteiger partial charge in [0.1, 0.15) is 5.75 Å². The smallest absolute Gasteiger partial charge is 0.344 e. The van der Waals surface area contributed by atoms with Crippen LogP contribution < -0.4 is 4.74 Å². The van der Waals surface area contributed by atoms with E-state index in [0.29, 0.717) is 16.3 Å². The third-order valence-corrected chi connectivity index (χ3v) is 5.27. The number of para-hydroxylation sites is 1. The molecule has 0 amide bonds. The Morgan fingerprint density at radius 2 is 1.62 bits per heavy atom. The van der Waals surface area contributed by atoms with Gasteiger partial charge in [0, 0.05) is 10.9 Å². The van der Waals surface area contributed by atoms with Crippen molar-refractivity contribution in [1.82, 2.24) is 4.98 Å². The lowest BCUT2D eigenvalue weighted by molar-refractivity contribution is 0.0736. The van der Waals surface area contributed by atoms with Crippen LogP contribution in [0.15, 0.2) is 66.7 Å². The zero-order valence-corrected chi connectivity index (χ0v) is 17.2. The number of carbonyl (C=O) groups excluding carboxylic acids is 1. The largest absolute Gasteiger partial charge is 0.421 e. The van der Waals surface area contributed by atoms with Crippen LogP contribution in [0.5, 0.6) is 5.75 Å². The molecular weight excluding hydrogens is 382 g/mol. The zero-order chi connectivity index (χ0) is 20.5. The van der Waals surface area contributed by atoms with Gasteiger partial charge in [-0.25, -0.2) is 9.78 Å². The van der Waals surface area contributed by atoms with Crippen LogP contribution in [0.3, 0.4) is 0 Å². The molecular formula is C25H20ClNO2. The van der Waals surface area contributed by atoms with E-state index in [-0.39, 0.29) is 0 Å². The van der Waals surface area contributed by atoms with Crippen molar-refractivity contribution in [3.8, 4) is 17.0 Å². The highest BCUT2D eigenvalue weighted by Crippen LogP contribution is 2.33. The first-order chi connectivity index (χ1) is 14.0. The number of ether oxygens (including phenoxy) is 1. The highest BCUT2D eigenvalue weighted by Gasteiger charge is 2.22. The second-order valence-electron chi connectivity index (χ2n) is 7.12. The third kappa shape index (κ3) is 3.62. The molecule has 0 saturated heterocycles. The van der Waals surface area contributed by atoms with E-state index in [1.165, 1.54) is 0 Å². The summed E-state index contributed by atoms with van der Waals surface area (Å²) in [6.45, 7) is 5.93. The maximum atomic E-state index is 13.3. The van der Waals surface area contributed by atoms with E-state index in [2.05, 4.69) is 6.07 Å². The van der Waals surface area contributed by atoms with Crippen LogP contribution in [0.2, 0.25) is 5.02 Å². The Hall–Kier alpha value is -3.17. The van der Waals surface area contributed by atoms with Gasteiger partial charge in [0.15, 0.2) is 0 Å². The van der Waals surface area contributed by atoms with Gasteiger partial charge < -0.3 is 4.74 Å². The van der Waals surface area contributed by atoms with Crippen LogP contribution in [0, 0.1) is 20.8 Å². The number of halogens is 1. The summed E-state index contributed by atoms with van der Waals surface area (Å²) in [5, 5.41) is 1.18. The molecule has 0 spiro atoms. The summed E-state index contributed by atoms with van der Waals surface area (Å²) in [5.74, 6) is -0.0978. The van der Waals surface area contributed by atoms with E-state index in [1.807, 2.05) is 57.2 Å². The van der Waals surface area contributed by atoms with Crippen molar-refractivity contribution >= 4 is 28.5 Å². The van der Waals surface area contributed by atoms with Gasteiger partial charge in [-0.2, -0.15) is 0 Å². The standard InChI is InChI=1S/C25H20ClNO2/c1-15-13-16(2)23-19(14-15)22(25(28)29-21-12-8-7-11-20(21)26)17(3)24(27-23)18-9-5-4-6-10-18/h4-14H,1-3H3. The number of hydrogen-bond acceptors (Lipinski definition) is 3. The molecule has 1 aromatic heterocycles. The minimum Gasteiger partial charge on any atom is -0.421 e. The molecule has 0 N–H and O–H groups in total. The van der Waals surface area contributed by atoms with E-state index in [9.17, 15) is 4.79 Å². The predicted molar refractivity (Wildman–Crippen MR) is 118 cm³/mol. The molecule has 3 aromatic carbocycles. The summed E-state index contributed by atoms with van der Waals surface area (Å²) in [7, 11) is 0. The van der Waals surface area contributed by atoms with Gasteiger partial charge in [-0.1, -0.05) is 65.7 Å². The summed E-state index contributed by atoms with van der Waals surface area (Å²) in [6, 6.07) is 20.9. The first kappa shape index (κ1) is 19.2. The Kier molecular flexibility index (Phi) is 5.08. The molecule has 4 aromatic rings. The lowest BCUT2D eigenvalue weighted by Crippen LogP contribution is -2.13. The summed E-state index contributed by atoms with van der Waals surface area (Å²) in [5.41, 5.74) is 5.91. The van der Waals surface area contributed by atoms with Crippen LogP contribution >= 0.6 is 11.6 Å². The molecule has 0 atom stereocenters. The van der Waals surface area contributed by atoms with E-state index in [4.69, 9.17) is 21.3 Å². The fraction of sp³-hybridized carbons (Fsp3) is 0.120. The average Bonchev–Trinajstić information content (AvgIpc) is 2.70.